The van der Waals surface area contributed by atoms with E-state index in [0.717, 1.165) is 69.6 Å². The molecule has 1 saturated heterocycles. The van der Waals surface area contributed by atoms with Gasteiger partial charge in [0.2, 0.25) is 0 Å². The Bertz CT molecular complexity index is 887. The molecule has 0 unspecified atom stereocenters. The van der Waals surface area contributed by atoms with Gasteiger partial charge in [0.15, 0.2) is 0 Å². The molecule has 2 aromatic heterocycles. The maximum Gasteiger partial charge on any atom is 0.266 e. The van der Waals surface area contributed by atoms with Gasteiger partial charge in [-0.3, -0.25) is 14.6 Å². The van der Waals surface area contributed by atoms with Crippen molar-refractivity contribution in [2.24, 2.45) is 0 Å². The first-order valence-corrected chi connectivity index (χ1v) is 10.8. The molecule has 0 amide bonds. The minimum absolute atomic E-state index is 0.0202. The Balaban J connectivity index is 1.28. The Morgan fingerprint density at radius 3 is 2.45 bits per heavy atom. The number of aryl methyl sites for hydroxylation is 1. The molecule has 0 spiro atoms. The summed E-state index contributed by atoms with van der Waals surface area (Å²) in [7, 11) is 0. The second kappa shape index (κ2) is 8.36. The van der Waals surface area contributed by atoms with Crippen molar-refractivity contribution >= 4 is 0 Å². The number of aromatic nitrogens is 5. The van der Waals surface area contributed by atoms with E-state index in [4.69, 9.17) is 0 Å². The van der Waals surface area contributed by atoms with Crippen LogP contribution in [0.15, 0.2) is 16.9 Å². The van der Waals surface area contributed by atoms with Crippen LogP contribution < -0.4 is 5.56 Å². The molecule has 2 aliphatic heterocycles. The summed E-state index contributed by atoms with van der Waals surface area (Å²) < 4.78 is 3.94. The molecular formula is C21H33N7O. The van der Waals surface area contributed by atoms with E-state index in [9.17, 15) is 4.79 Å². The molecule has 0 bridgehead atoms. The van der Waals surface area contributed by atoms with Crippen LogP contribution in [0.3, 0.4) is 0 Å². The summed E-state index contributed by atoms with van der Waals surface area (Å²) >= 11 is 0. The van der Waals surface area contributed by atoms with Gasteiger partial charge in [-0.05, 0) is 18.9 Å². The van der Waals surface area contributed by atoms with E-state index in [1.165, 1.54) is 12.8 Å². The summed E-state index contributed by atoms with van der Waals surface area (Å²) in [5.41, 5.74) is 0.883. The smallest absolute Gasteiger partial charge is 0.266 e. The summed E-state index contributed by atoms with van der Waals surface area (Å²) in [6, 6.07) is 3.49. The first-order chi connectivity index (χ1) is 13.9. The summed E-state index contributed by atoms with van der Waals surface area (Å²) in [6.45, 7) is 13.9. The highest BCUT2D eigenvalue weighted by Crippen LogP contribution is 2.18. The van der Waals surface area contributed by atoms with Gasteiger partial charge in [-0.15, -0.1) is 10.2 Å². The van der Waals surface area contributed by atoms with Crippen molar-refractivity contribution in [3.63, 3.8) is 0 Å². The number of hydrogen-bond donors (Lipinski definition) is 0. The lowest BCUT2D eigenvalue weighted by Gasteiger charge is -2.34. The lowest BCUT2D eigenvalue weighted by molar-refractivity contribution is 0.119. The molecule has 0 atom stereocenters. The van der Waals surface area contributed by atoms with E-state index in [1.54, 1.807) is 10.7 Å². The van der Waals surface area contributed by atoms with Crippen molar-refractivity contribution in [1.82, 2.24) is 34.3 Å². The zero-order valence-corrected chi connectivity index (χ0v) is 18.0. The predicted octanol–water partition coefficient (Wildman–Crippen LogP) is 1.29. The van der Waals surface area contributed by atoms with Crippen LogP contribution in [0.2, 0.25) is 0 Å². The lowest BCUT2D eigenvalue weighted by Crippen LogP contribution is -2.47. The van der Waals surface area contributed by atoms with Crippen molar-refractivity contribution < 1.29 is 0 Å². The SMILES string of the molecule is CC(C)(C)c1ccc(=O)n(CCN2CCN(Cc3nnc4n3CCCC4)CC2)n1. The molecule has 2 aromatic rings. The quantitative estimate of drug-likeness (QED) is 0.754. The average molecular weight is 400 g/mol. The third-order valence-electron chi connectivity index (χ3n) is 6.03. The van der Waals surface area contributed by atoms with Crippen molar-refractivity contribution in [1.29, 1.82) is 0 Å². The Kier molecular flexibility index (Phi) is 5.83. The number of fused-ring (bicyclic) bond motifs is 1. The van der Waals surface area contributed by atoms with Gasteiger partial charge < -0.3 is 4.57 Å². The van der Waals surface area contributed by atoms with E-state index in [2.05, 4.69) is 50.4 Å². The first-order valence-electron chi connectivity index (χ1n) is 10.8. The van der Waals surface area contributed by atoms with E-state index >= 15 is 0 Å². The normalized spacial score (nSPS) is 18.7. The highest BCUT2D eigenvalue weighted by Gasteiger charge is 2.22. The van der Waals surface area contributed by atoms with Gasteiger partial charge in [-0.2, -0.15) is 5.10 Å². The summed E-state index contributed by atoms with van der Waals surface area (Å²) in [6.07, 6.45) is 3.52. The van der Waals surface area contributed by atoms with Gasteiger partial charge in [-0.1, -0.05) is 20.8 Å². The molecular weight excluding hydrogens is 366 g/mol. The van der Waals surface area contributed by atoms with Gasteiger partial charge in [0, 0.05) is 57.2 Å². The molecule has 1 fully saturated rings. The molecule has 0 saturated carbocycles. The topological polar surface area (TPSA) is 72.1 Å². The Hall–Kier alpha value is -2.06. The maximum absolute atomic E-state index is 12.2. The van der Waals surface area contributed by atoms with Crippen molar-refractivity contribution in [3.8, 4) is 0 Å². The van der Waals surface area contributed by atoms with Crippen LogP contribution in [0.25, 0.3) is 0 Å². The molecule has 158 valence electrons. The number of nitrogens with zero attached hydrogens (tertiary/aromatic N) is 7. The Morgan fingerprint density at radius 1 is 0.931 bits per heavy atom. The molecule has 8 nitrogen and oxygen atoms in total. The van der Waals surface area contributed by atoms with Crippen LogP contribution in [-0.2, 0) is 31.5 Å². The summed E-state index contributed by atoms with van der Waals surface area (Å²) in [4.78, 5) is 17.1. The standard InChI is InChI=1S/C21H33N7O/c1-21(2,3)17-7-8-20(29)28(24-17)15-14-25-10-12-26(13-11-25)16-19-23-22-18-6-4-5-9-27(18)19/h7-8H,4-6,9-16H2,1-3H3. The highest BCUT2D eigenvalue weighted by molar-refractivity contribution is 5.10. The molecule has 29 heavy (non-hydrogen) atoms. The molecule has 0 aromatic carbocycles. The number of rotatable bonds is 5. The average Bonchev–Trinajstić information content (AvgIpc) is 3.10. The second-order valence-electron chi connectivity index (χ2n) is 9.29. The fourth-order valence-electron chi connectivity index (χ4n) is 4.10. The molecule has 0 radical (unpaired) electrons. The van der Waals surface area contributed by atoms with Crippen LogP contribution in [0.4, 0.5) is 0 Å². The predicted molar refractivity (Wildman–Crippen MR) is 112 cm³/mol. The first kappa shape index (κ1) is 20.2. The van der Waals surface area contributed by atoms with Gasteiger partial charge in [-0.25, -0.2) is 4.68 Å². The monoisotopic (exact) mass is 399 g/mol. The maximum atomic E-state index is 12.2. The second-order valence-corrected chi connectivity index (χ2v) is 9.29. The molecule has 4 rings (SSSR count). The minimum atomic E-state index is -0.0536. The van der Waals surface area contributed by atoms with E-state index < -0.39 is 0 Å². The van der Waals surface area contributed by atoms with Crippen LogP contribution >= 0.6 is 0 Å². The third-order valence-corrected chi connectivity index (χ3v) is 6.03. The van der Waals surface area contributed by atoms with Crippen LogP contribution in [0.5, 0.6) is 0 Å². The molecule has 4 heterocycles. The minimum Gasteiger partial charge on any atom is -0.314 e. The fourth-order valence-corrected chi connectivity index (χ4v) is 4.10. The van der Waals surface area contributed by atoms with Crippen LogP contribution in [0.1, 0.15) is 51.0 Å². The highest BCUT2D eigenvalue weighted by atomic mass is 16.1. The van der Waals surface area contributed by atoms with Crippen molar-refractivity contribution in [2.45, 2.75) is 65.1 Å². The molecule has 8 heteroatoms. The zero-order chi connectivity index (χ0) is 20.4. The van der Waals surface area contributed by atoms with Gasteiger partial charge in [0.25, 0.3) is 5.56 Å². The Morgan fingerprint density at radius 2 is 1.69 bits per heavy atom. The van der Waals surface area contributed by atoms with E-state index in [-0.39, 0.29) is 11.0 Å². The lowest BCUT2D eigenvalue weighted by atomic mass is 9.92. The molecule has 2 aliphatic rings. The van der Waals surface area contributed by atoms with E-state index in [1.807, 2.05) is 6.07 Å². The van der Waals surface area contributed by atoms with Gasteiger partial charge in [0.1, 0.15) is 11.6 Å². The van der Waals surface area contributed by atoms with Gasteiger partial charge >= 0.3 is 0 Å². The third kappa shape index (κ3) is 4.75. The van der Waals surface area contributed by atoms with Crippen molar-refractivity contribution in [3.05, 3.63) is 39.8 Å². The molecule has 0 N–H and O–H groups in total. The fraction of sp³-hybridized carbons (Fsp3) is 0.714. The largest absolute Gasteiger partial charge is 0.314 e. The van der Waals surface area contributed by atoms with Crippen LogP contribution in [-0.4, -0.2) is 67.1 Å². The van der Waals surface area contributed by atoms with Crippen molar-refractivity contribution in [2.75, 3.05) is 32.7 Å². The number of piperazine rings is 1. The molecule has 0 aliphatic carbocycles. The van der Waals surface area contributed by atoms with Crippen LogP contribution in [0, 0.1) is 0 Å². The van der Waals surface area contributed by atoms with E-state index in [0.29, 0.717) is 6.54 Å². The zero-order valence-electron chi connectivity index (χ0n) is 18.0. The number of hydrogen-bond acceptors (Lipinski definition) is 6. The van der Waals surface area contributed by atoms with Gasteiger partial charge in [0.05, 0.1) is 18.8 Å². The summed E-state index contributed by atoms with van der Waals surface area (Å²) in [5, 5.41) is 13.4. The summed E-state index contributed by atoms with van der Waals surface area (Å²) in [5.74, 6) is 2.27. The Labute approximate surface area is 172 Å².